The van der Waals surface area contributed by atoms with Crippen LogP contribution in [-0.4, -0.2) is 35.5 Å². The number of nitrogens with two attached hydrogens (primary N) is 1. The van der Waals surface area contributed by atoms with Crippen LogP contribution in [0.3, 0.4) is 0 Å². The van der Waals surface area contributed by atoms with Crippen molar-refractivity contribution in [1.82, 2.24) is 5.32 Å². The molecule has 0 aliphatic heterocycles. The summed E-state index contributed by atoms with van der Waals surface area (Å²) in [6.07, 6.45) is -0.479. The summed E-state index contributed by atoms with van der Waals surface area (Å²) in [6.45, 7) is 0.0936. The number of carboxylic acid groups (broad SMARTS) is 1. The molecule has 0 radical (unpaired) electrons. The average Bonchev–Trinajstić information content (AvgIpc) is 2.39. The van der Waals surface area contributed by atoms with E-state index < -0.39 is 30.2 Å². The number of aliphatic carboxylic acids is 1. The maximum atomic E-state index is 11.6. The van der Waals surface area contributed by atoms with Crippen LogP contribution in [0, 0.1) is 0 Å². The number of nitrogens with one attached hydrogen (secondary N) is 1. The molecule has 2 amide bonds. The van der Waals surface area contributed by atoms with E-state index in [0.29, 0.717) is 5.75 Å². The van der Waals surface area contributed by atoms with Gasteiger partial charge in [-0.05, 0) is 24.3 Å². The van der Waals surface area contributed by atoms with Crippen LogP contribution < -0.4 is 15.8 Å². The lowest BCUT2D eigenvalue weighted by Gasteiger charge is -2.13. The van der Waals surface area contributed by atoms with Crippen LogP contribution in [0.5, 0.6) is 5.75 Å². The predicted molar refractivity (Wildman–Crippen MR) is 77.6 cm³/mol. The molecule has 0 saturated heterocycles. The standard InChI is InChI=1S/C13H15BrN2O5/c14-8-1-3-9(4-2-8)21-6-5-12(18)16-10(13(19)20)7-11(15)17/h1-4,10H,5-7H2,(H2,15,17)(H,16,18)(H,19,20)/t10-/m0/s1. The molecule has 0 saturated carbocycles. The van der Waals surface area contributed by atoms with Crippen LogP contribution in [0.1, 0.15) is 12.8 Å². The van der Waals surface area contributed by atoms with Crippen LogP contribution in [0.4, 0.5) is 0 Å². The number of carbonyl (C=O) groups is 3. The first-order valence-corrected chi connectivity index (χ1v) is 6.86. The molecule has 1 aromatic rings. The van der Waals surface area contributed by atoms with Crippen molar-refractivity contribution in [2.75, 3.05) is 6.61 Å². The maximum absolute atomic E-state index is 11.6. The van der Waals surface area contributed by atoms with Gasteiger partial charge in [0.2, 0.25) is 11.8 Å². The third-order valence-electron chi connectivity index (χ3n) is 2.45. The van der Waals surface area contributed by atoms with Gasteiger partial charge in [0.25, 0.3) is 0 Å². The molecule has 0 bridgehead atoms. The fourth-order valence-electron chi connectivity index (χ4n) is 1.46. The van der Waals surface area contributed by atoms with Gasteiger partial charge in [-0.15, -0.1) is 0 Å². The van der Waals surface area contributed by atoms with Gasteiger partial charge in [0.1, 0.15) is 11.8 Å². The van der Waals surface area contributed by atoms with E-state index in [4.69, 9.17) is 15.6 Å². The lowest BCUT2D eigenvalue weighted by molar-refractivity contribution is -0.143. The Morgan fingerprint density at radius 3 is 2.43 bits per heavy atom. The van der Waals surface area contributed by atoms with Crippen molar-refractivity contribution in [3.05, 3.63) is 28.7 Å². The number of ether oxygens (including phenoxy) is 1. The fourth-order valence-corrected chi connectivity index (χ4v) is 1.72. The maximum Gasteiger partial charge on any atom is 0.326 e. The summed E-state index contributed by atoms with van der Waals surface area (Å²) >= 11 is 3.28. The summed E-state index contributed by atoms with van der Waals surface area (Å²) in [5.41, 5.74) is 4.91. The minimum Gasteiger partial charge on any atom is -0.493 e. The van der Waals surface area contributed by atoms with Crippen molar-refractivity contribution in [3.8, 4) is 5.75 Å². The highest BCUT2D eigenvalue weighted by Gasteiger charge is 2.21. The SMILES string of the molecule is NC(=O)C[C@H](NC(=O)CCOc1ccc(Br)cc1)C(=O)O. The summed E-state index contributed by atoms with van der Waals surface area (Å²) in [6, 6.07) is 5.73. The minimum absolute atomic E-state index is 0.0292. The van der Waals surface area contributed by atoms with Gasteiger partial charge in [-0.2, -0.15) is 0 Å². The van der Waals surface area contributed by atoms with Crippen molar-refractivity contribution < 1.29 is 24.2 Å². The Hall–Kier alpha value is -2.09. The van der Waals surface area contributed by atoms with E-state index in [2.05, 4.69) is 21.2 Å². The largest absolute Gasteiger partial charge is 0.493 e. The zero-order chi connectivity index (χ0) is 15.8. The molecule has 21 heavy (non-hydrogen) atoms. The number of benzene rings is 1. The van der Waals surface area contributed by atoms with Crippen molar-refractivity contribution in [2.45, 2.75) is 18.9 Å². The Morgan fingerprint density at radius 1 is 1.29 bits per heavy atom. The smallest absolute Gasteiger partial charge is 0.326 e. The van der Waals surface area contributed by atoms with Crippen molar-refractivity contribution in [2.24, 2.45) is 5.73 Å². The summed E-state index contributed by atoms with van der Waals surface area (Å²) < 4.78 is 6.24. The first-order valence-electron chi connectivity index (χ1n) is 6.07. The van der Waals surface area contributed by atoms with Crippen molar-refractivity contribution >= 4 is 33.7 Å². The Morgan fingerprint density at radius 2 is 1.90 bits per heavy atom. The molecule has 1 rings (SSSR count). The van der Waals surface area contributed by atoms with Gasteiger partial charge in [-0.1, -0.05) is 15.9 Å². The highest BCUT2D eigenvalue weighted by atomic mass is 79.9. The minimum atomic E-state index is -1.32. The zero-order valence-corrected chi connectivity index (χ0v) is 12.6. The molecular formula is C13H15BrN2O5. The molecule has 7 nitrogen and oxygen atoms in total. The molecule has 8 heteroatoms. The fraction of sp³-hybridized carbons (Fsp3) is 0.308. The molecule has 1 atom stereocenters. The highest BCUT2D eigenvalue weighted by Crippen LogP contribution is 2.16. The van der Waals surface area contributed by atoms with Gasteiger partial charge in [0, 0.05) is 4.47 Å². The molecule has 0 fully saturated rings. The van der Waals surface area contributed by atoms with Gasteiger partial charge >= 0.3 is 5.97 Å². The van der Waals surface area contributed by atoms with Crippen LogP contribution in [0.2, 0.25) is 0 Å². The van der Waals surface area contributed by atoms with E-state index in [1.165, 1.54) is 0 Å². The third-order valence-corrected chi connectivity index (χ3v) is 2.98. The Labute approximate surface area is 129 Å². The molecule has 0 aliphatic carbocycles. The second-order valence-electron chi connectivity index (χ2n) is 4.18. The molecular weight excluding hydrogens is 344 g/mol. The van der Waals surface area contributed by atoms with Gasteiger partial charge < -0.3 is 20.9 Å². The average molecular weight is 359 g/mol. The number of halogens is 1. The normalized spacial score (nSPS) is 11.5. The number of amides is 2. The van der Waals surface area contributed by atoms with Crippen LogP contribution in [0.25, 0.3) is 0 Å². The molecule has 0 unspecified atom stereocenters. The predicted octanol–water partition coefficient (Wildman–Crippen LogP) is 0.663. The van der Waals surface area contributed by atoms with Crippen LogP contribution >= 0.6 is 15.9 Å². The lowest BCUT2D eigenvalue weighted by Crippen LogP contribution is -2.43. The van der Waals surface area contributed by atoms with Gasteiger partial charge in [-0.3, -0.25) is 9.59 Å². The molecule has 0 aromatic heterocycles. The topological polar surface area (TPSA) is 119 Å². The first-order chi connectivity index (χ1) is 9.88. The number of carbonyl (C=O) groups excluding carboxylic acids is 2. The Kier molecular flexibility index (Phi) is 6.67. The molecule has 114 valence electrons. The van der Waals surface area contributed by atoms with Gasteiger partial charge in [-0.25, -0.2) is 4.79 Å². The summed E-state index contributed by atoms with van der Waals surface area (Å²) in [5, 5.41) is 11.1. The van der Waals surface area contributed by atoms with E-state index in [0.717, 1.165) is 4.47 Å². The number of hydrogen-bond donors (Lipinski definition) is 3. The summed E-state index contributed by atoms with van der Waals surface area (Å²) in [5.74, 6) is -2.04. The number of primary amides is 1. The zero-order valence-electron chi connectivity index (χ0n) is 11.0. The quantitative estimate of drug-likeness (QED) is 0.630. The van der Waals surface area contributed by atoms with Crippen molar-refractivity contribution in [3.63, 3.8) is 0 Å². The van der Waals surface area contributed by atoms with Crippen LogP contribution in [0.15, 0.2) is 28.7 Å². The van der Waals surface area contributed by atoms with E-state index in [1.807, 2.05) is 0 Å². The number of rotatable bonds is 8. The van der Waals surface area contributed by atoms with E-state index in [-0.39, 0.29) is 13.0 Å². The Bertz CT molecular complexity index is 518. The van der Waals surface area contributed by atoms with Crippen LogP contribution in [-0.2, 0) is 14.4 Å². The second kappa shape index (κ2) is 8.25. The second-order valence-corrected chi connectivity index (χ2v) is 5.10. The highest BCUT2D eigenvalue weighted by molar-refractivity contribution is 9.10. The number of hydrogen-bond acceptors (Lipinski definition) is 4. The van der Waals surface area contributed by atoms with Crippen molar-refractivity contribution in [1.29, 1.82) is 0 Å². The number of carboxylic acids is 1. The molecule has 1 aromatic carbocycles. The molecule has 4 N–H and O–H groups in total. The van der Waals surface area contributed by atoms with Gasteiger partial charge in [0.05, 0.1) is 19.4 Å². The molecule has 0 heterocycles. The van der Waals surface area contributed by atoms with Gasteiger partial charge in [0.15, 0.2) is 0 Å². The van der Waals surface area contributed by atoms with E-state index in [1.54, 1.807) is 24.3 Å². The Balaban J connectivity index is 2.37. The summed E-state index contributed by atoms with van der Waals surface area (Å²) in [7, 11) is 0. The monoisotopic (exact) mass is 358 g/mol. The first kappa shape index (κ1) is 17.0. The van der Waals surface area contributed by atoms with E-state index in [9.17, 15) is 14.4 Å². The third kappa shape index (κ3) is 6.75. The lowest BCUT2D eigenvalue weighted by atomic mass is 10.2. The molecule has 0 aliphatic rings. The summed E-state index contributed by atoms with van der Waals surface area (Å²) in [4.78, 5) is 33.1. The van der Waals surface area contributed by atoms with E-state index >= 15 is 0 Å². The molecule has 0 spiro atoms.